The normalized spacial score (nSPS) is 14.1. The molecule has 13 heavy (non-hydrogen) atoms. The van der Waals surface area contributed by atoms with E-state index in [1.807, 2.05) is 0 Å². The lowest BCUT2D eigenvalue weighted by atomic mass is 10.1. The first-order valence-electron chi connectivity index (χ1n) is 3.88. The molecule has 0 fully saturated rings. The minimum absolute atomic E-state index is 0.184. The van der Waals surface area contributed by atoms with E-state index in [0.717, 1.165) is 0 Å². The smallest absolute Gasteiger partial charge is 0.124 e. The van der Waals surface area contributed by atoms with Crippen LogP contribution < -0.4 is 20.6 Å². The van der Waals surface area contributed by atoms with Gasteiger partial charge in [-0.05, 0) is 19.0 Å². The molecule has 0 aromatic rings. The number of hydrogen-bond donors (Lipinski definition) is 1. The maximum Gasteiger partial charge on any atom is 0.124 e. The lowest BCUT2D eigenvalue weighted by Crippen LogP contribution is -2.68. The van der Waals surface area contributed by atoms with Crippen molar-refractivity contribution in [1.29, 1.82) is 0 Å². The summed E-state index contributed by atoms with van der Waals surface area (Å²) in [5.41, 5.74) is 3.28. The number of carboxylic acids is 1. The molecule has 0 aliphatic carbocycles. The Morgan fingerprint density at radius 2 is 1.92 bits per heavy atom. The third-order valence-corrected chi connectivity index (χ3v) is 2.43. The Hall–Kier alpha value is -0.420. The standard InChI is InChI=1S/C6H14NO5P/c7-5(6(8)9)3-1-2-4-13(10,11)12/h5H,1-4,7H2,(H,8,9)(H2,10,11,12)/p-2/t5-/m1/s1. The molecule has 0 aliphatic rings. The monoisotopic (exact) mass is 209 g/mol. The summed E-state index contributed by atoms with van der Waals surface area (Å²) < 4.78 is 10.1. The summed E-state index contributed by atoms with van der Waals surface area (Å²) in [5.74, 6) is -1.26. The van der Waals surface area contributed by atoms with Gasteiger partial charge >= 0.3 is 0 Å². The molecule has 0 spiro atoms. The van der Waals surface area contributed by atoms with Gasteiger partial charge in [0.05, 0.1) is 5.97 Å². The Balaban J connectivity index is 3.47. The van der Waals surface area contributed by atoms with Crippen LogP contribution in [0.4, 0.5) is 0 Å². The lowest BCUT2D eigenvalue weighted by Gasteiger charge is -2.29. The van der Waals surface area contributed by atoms with E-state index in [2.05, 4.69) is 5.73 Å². The molecule has 0 aliphatic heterocycles. The first kappa shape index (κ1) is 12.6. The largest absolute Gasteiger partial charge is 0.811 e. The Morgan fingerprint density at radius 3 is 2.31 bits per heavy atom. The average molecular weight is 209 g/mol. The van der Waals surface area contributed by atoms with Gasteiger partial charge in [0.15, 0.2) is 0 Å². The highest BCUT2D eigenvalue weighted by Gasteiger charge is 2.05. The summed E-state index contributed by atoms with van der Waals surface area (Å²) in [5, 5.41) is 10.1. The van der Waals surface area contributed by atoms with Crippen LogP contribution in [0.1, 0.15) is 19.3 Å². The molecule has 0 bridgehead atoms. The van der Waals surface area contributed by atoms with Crippen molar-refractivity contribution < 1.29 is 30.0 Å². The number of carbonyl (C=O) groups excluding carboxylic acids is 1. The second-order valence-corrected chi connectivity index (χ2v) is 4.52. The fourth-order valence-corrected chi connectivity index (χ4v) is 1.42. The van der Waals surface area contributed by atoms with Gasteiger partial charge in [0.25, 0.3) is 0 Å². The Labute approximate surface area is 75.9 Å². The van der Waals surface area contributed by atoms with E-state index in [-0.39, 0.29) is 12.8 Å². The Kier molecular flexibility index (Phi) is 5.17. The number of carboxylic acid groups (broad SMARTS) is 1. The quantitative estimate of drug-likeness (QED) is 0.357. The number of hydrogen-bond acceptors (Lipinski definition) is 5. The van der Waals surface area contributed by atoms with Crippen LogP contribution >= 0.6 is 7.60 Å². The van der Waals surface area contributed by atoms with Gasteiger partial charge in [-0.3, -0.25) is 0 Å². The molecule has 1 atom stereocenters. The van der Waals surface area contributed by atoms with Crippen LogP contribution in [0, 0.1) is 0 Å². The molecule has 0 unspecified atom stereocenters. The summed E-state index contributed by atoms with van der Waals surface area (Å²) in [6.45, 7) is 0. The molecule has 0 saturated carbocycles. The maximum absolute atomic E-state index is 10.1. The second kappa shape index (κ2) is 5.34. The molecular formula is C6H12NO5P-2. The first-order valence-corrected chi connectivity index (χ1v) is 5.61. The van der Waals surface area contributed by atoms with E-state index < -0.39 is 25.8 Å². The second-order valence-electron chi connectivity index (χ2n) is 2.85. The Morgan fingerprint density at radius 1 is 1.38 bits per heavy atom. The van der Waals surface area contributed by atoms with Crippen LogP contribution in [0.2, 0.25) is 0 Å². The highest BCUT2D eigenvalue weighted by Crippen LogP contribution is 2.24. The van der Waals surface area contributed by atoms with Crippen LogP contribution in [0.5, 0.6) is 0 Å². The van der Waals surface area contributed by atoms with Gasteiger partial charge < -0.3 is 30.0 Å². The molecule has 78 valence electrons. The number of unbranched alkanes of at least 4 members (excludes halogenated alkanes) is 1. The summed E-state index contributed by atoms with van der Waals surface area (Å²) in [6.07, 6.45) is 0.356. The zero-order valence-electron chi connectivity index (χ0n) is 7.10. The predicted octanol–water partition coefficient (Wildman–Crippen LogP) is -3.57. The molecule has 0 rings (SSSR count). The molecule has 7 heteroatoms. The summed E-state index contributed by atoms with van der Waals surface area (Å²) in [6, 6.07) is -0.835. The van der Waals surface area contributed by atoms with Crippen molar-refractivity contribution >= 4 is 13.6 Å². The van der Waals surface area contributed by atoms with Gasteiger partial charge in [-0.25, -0.2) is 0 Å². The fraction of sp³-hybridized carbons (Fsp3) is 0.833. The minimum Gasteiger partial charge on any atom is -0.811 e. The van der Waals surface area contributed by atoms with Crippen molar-refractivity contribution in [2.24, 2.45) is 0 Å². The SMILES string of the molecule is [NH3+][C@H](CCCCP(=O)([O-])[O-])C(=O)[O-]. The number of carbonyl (C=O) groups is 1. The van der Waals surface area contributed by atoms with Crippen LogP contribution in [0.3, 0.4) is 0 Å². The predicted molar refractivity (Wildman–Crippen MR) is 38.0 cm³/mol. The maximum atomic E-state index is 10.1. The van der Waals surface area contributed by atoms with Crippen LogP contribution in [0.25, 0.3) is 0 Å². The zero-order chi connectivity index (χ0) is 10.5. The molecular weight excluding hydrogens is 197 g/mol. The first-order chi connectivity index (χ1) is 5.83. The Bertz CT molecular complexity index is 213. The van der Waals surface area contributed by atoms with Crippen molar-refractivity contribution in [3.8, 4) is 0 Å². The molecule has 0 radical (unpaired) electrons. The molecule has 0 aromatic heterocycles. The lowest BCUT2D eigenvalue weighted by molar-refractivity contribution is -0.438. The van der Waals surface area contributed by atoms with Crippen molar-refractivity contribution in [1.82, 2.24) is 0 Å². The van der Waals surface area contributed by atoms with Crippen molar-refractivity contribution in [3.63, 3.8) is 0 Å². The fourth-order valence-electron chi connectivity index (χ4n) is 0.814. The highest BCUT2D eigenvalue weighted by molar-refractivity contribution is 7.48. The summed E-state index contributed by atoms with van der Waals surface area (Å²) in [7, 11) is -4.43. The van der Waals surface area contributed by atoms with Gasteiger partial charge in [-0.1, -0.05) is 7.60 Å². The summed E-state index contributed by atoms with van der Waals surface area (Å²) in [4.78, 5) is 30.4. The highest BCUT2D eigenvalue weighted by atomic mass is 31.2. The van der Waals surface area contributed by atoms with Crippen molar-refractivity contribution in [2.75, 3.05) is 6.16 Å². The van der Waals surface area contributed by atoms with E-state index in [0.29, 0.717) is 6.42 Å². The van der Waals surface area contributed by atoms with Crippen molar-refractivity contribution in [2.45, 2.75) is 25.3 Å². The molecule has 0 heterocycles. The number of aliphatic carboxylic acids is 1. The molecule has 3 N–H and O–H groups in total. The molecule has 6 nitrogen and oxygen atoms in total. The van der Waals surface area contributed by atoms with Gasteiger partial charge in [-0.2, -0.15) is 0 Å². The van der Waals surface area contributed by atoms with E-state index >= 15 is 0 Å². The number of rotatable bonds is 6. The third kappa shape index (κ3) is 7.93. The molecule has 0 saturated heterocycles. The average Bonchev–Trinajstić information content (AvgIpc) is 1.95. The third-order valence-electron chi connectivity index (χ3n) is 1.57. The van der Waals surface area contributed by atoms with E-state index in [9.17, 15) is 24.3 Å². The van der Waals surface area contributed by atoms with Crippen LogP contribution in [0.15, 0.2) is 0 Å². The summed E-state index contributed by atoms with van der Waals surface area (Å²) >= 11 is 0. The molecule has 0 aromatic carbocycles. The van der Waals surface area contributed by atoms with E-state index in [4.69, 9.17) is 0 Å². The number of quaternary nitrogens is 1. The van der Waals surface area contributed by atoms with E-state index in [1.54, 1.807) is 0 Å². The minimum atomic E-state index is -4.43. The van der Waals surface area contributed by atoms with Gasteiger partial charge in [0, 0.05) is 6.42 Å². The van der Waals surface area contributed by atoms with Crippen LogP contribution in [-0.4, -0.2) is 18.2 Å². The van der Waals surface area contributed by atoms with Gasteiger partial charge in [0.2, 0.25) is 0 Å². The zero-order valence-corrected chi connectivity index (χ0v) is 8.00. The topological polar surface area (TPSA) is 131 Å². The van der Waals surface area contributed by atoms with Gasteiger partial charge in [0.1, 0.15) is 6.04 Å². The van der Waals surface area contributed by atoms with Crippen molar-refractivity contribution in [3.05, 3.63) is 0 Å². The van der Waals surface area contributed by atoms with Gasteiger partial charge in [-0.15, -0.1) is 0 Å². The van der Waals surface area contributed by atoms with E-state index in [1.165, 1.54) is 0 Å². The molecule has 0 amide bonds. The van der Waals surface area contributed by atoms with Crippen LogP contribution in [-0.2, 0) is 9.36 Å².